The number of aromatic nitrogens is 4. The van der Waals surface area contributed by atoms with Gasteiger partial charge in [-0.2, -0.15) is 0 Å². The van der Waals surface area contributed by atoms with Crippen molar-refractivity contribution in [2.75, 3.05) is 39.5 Å². The molecule has 0 spiro atoms. The first-order valence-electron chi connectivity index (χ1n) is 8.28. The van der Waals surface area contributed by atoms with Gasteiger partial charge in [0.15, 0.2) is 5.65 Å². The van der Waals surface area contributed by atoms with Crippen molar-refractivity contribution in [2.45, 2.75) is 0 Å². The molecule has 8 nitrogen and oxygen atoms in total. The molecule has 1 aromatic carbocycles. The van der Waals surface area contributed by atoms with Crippen molar-refractivity contribution >= 4 is 11.3 Å². The molecule has 0 radical (unpaired) electrons. The van der Waals surface area contributed by atoms with E-state index in [4.69, 9.17) is 9.57 Å². The van der Waals surface area contributed by atoms with E-state index in [1.165, 1.54) is 9.30 Å². The zero-order valence-corrected chi connectivity index (χ0v) is 13.7. The maximum atomic E-state index is 12.9. The molecule has 2 aromatic heterocycles. The van der Waals surface area contributed by atoms with Gasteiger partial charge >= 0.3 is 5.69 Å². The third kappa shape index (κ3) is 3.13. The zero-order chi connectivity index (χ0) is 17.1. The van der Waals surface area contributed by atoms with Crippen LogP contribution in [0.15, 0.2) is 47.5 Å². The molecule has 130 valence electrons. The SMILES string of the molecule is O=c1n(OCCN2CCOCC2)c2nccnc2n1-c1ccccc1. The van der Waals surface area contributed by atoms with Crippen LogP contribution in [0.2, 0.25) is 0 Å². The van der Waals surface area contributed by atoms with Crippen molar-refractivity contribution in [3.8, 4) is 5.69 Å². The maximum absolute atomic E-state index is 12.9. The smallest absolute Gasteiger partial charge is 0.369 e. The Balaban J connectivity index is 1.63. The molecule has 0 bridgehead atoms. The van der Waals surface area contributed by atoms with Crippen molar-refractivity contribution in [1.29, 1.82) is 0 Å². The summed E-state index contributed by atoms with van der Waals surface area (Å²) in [6.45, 7) is 4.35. The molecule has 25 heavy (non-hydrogen) atoms. The van der Waals surface area contributed by atoms with E-state index in [1.807, 2.05) is 30.3 Å². The topological polar surface area (TPSA) is 74.4 Å². The van der Waals surface area contributed by atoms with Crippen molar-refractivity contribution in [2.24, 2.45) is 0 Å². The van der Waals surface area contributed by atoms with E-state index in [0.717, 1.165) is 38.5 Å². The van der Waals surface area contributed by atoms with E-state index < -0.39 is 0 Å². The van der Waals surface area contributed by atoms with Crippen LogP contribution in [0.5, 0.6) is 0 Å². The fourth-order valence-corrected chi connectivity index (χ4v) is 2.91. The van der Waals surface area contributed by atoms with Crippen LogP contribution in [0.4, 0.5) is 0 Å². The van der Waals surface area contributed by atoms with Crippen molar-refractivity contribution in [1.82, 2.24) is 24.2 Å². The molecule has 0 unspecified atom stereocenters. The average Bonchev–Trinajstić information content (AvgIpc) is 2.95. The summed E-state index contributed by atoms with van der Waals surface area (Å²) in [6, 6.07) is 9.36. The first-order valence-corrected chi connectivity index (χ1v) is 8.28. The van der Waals surface area contributed by atoms with E-state index in [-0.39, 0.29) is 5.69 Å². The van der Waals surface area contributed by atoms with Gasteiger partial charge in [-0.05, 0) is 12.1 Å². The van der Waals surface area contributed by atoms with Gasteiger partial charge in [0.2, 0.25) is 5.65 Å². The molecule has 0 aliphatic carbocycles. The molecule has 8 heteroatoms. The minimum atomic E-state index is -0.311. The number of hydrogen-bond acceptors (Lipinski definition) is 6. The maximum Gasteiger partial charge on any atom is 0.369 e. The van der Waals surface area contributed by atoms with Crippen LogP contribution in [0.3, 0.4) is 0 Å². The summed E-state index contributed by atoms with van der Waals surface area (Å²) in [7, 11) is 0. The number of para-hydroxylation sites is 1. The molecule has 0 N–H and O–H groups in total. The number of rotatable bonds is 5. The fourth-order valence-electron chi connectivity index (χ4n) is 2.91. The minimum Gasteiger partial charge on any atom is -0.406 e. The van der Waals surface area contributed by atoms with E-state index in [0.29, 0.717) is 17.9 Å². The number of hydrogen-bond donors (Lipinski definition) is 0. The van der Waals surface area contributed by atoms with Crippen LogP contribution in [-0.2, 0) is 4.74 Å². The largest absolute Gasteiger partial charge is 0.406 e. The molecule has 0 saturated carbocycles. The Bertz CT molecular complexity index is 900. The van der Waals surface area contributed by atoms with Gasteiger partial charge in [0.05, 0.1) is 18.9 Å². The highest BCUT2D eigenvalue weighted by atomic mass is 16.7. The Morgan fingerprint density at radius 3 is 2.52 bits per heavy atom. The number of imidazole rings is 1. The summed E-state index contributed by atoms with van der Waals surface area (Å²) in [5.74, 6) is 0. The molecule has 4 rings (SSSR count). The number of benzene rings is 1. The van der Waals surface area contributed by atoms with Gasteiger partial charge < -0.3 is 9.57 Å². The number of ether oxygens (including phenoxy) is 1. The molecule has 0 amide bonds. The lowest BCUT2D eigenvalue weighted by Crippen LogP contribution is -2.40. The van der Waals surface area contributed by atoms with Gasteiger partial charge in [-0.15, -0.1) is 4.73 Å². The molecule has 1 aliphatic rings. The van der Waals surface area contributed by atoms with Crippen molar-refractivity contribution in [3.63, 3.8) is 0 Å². The van der Waals surface area contributed by atoms with Gasteiger partial charge in [0.1, 0.15) is 6.61 Å². The lowest BCUT2D eigenvalue weighted by atomic mass is 10.3. The minimum absolute atomic E-state index is 0.311. The van der Waals surface area contributed by atoms with Gasteiger partial charge in [-0.25, -0.2) is 19.3 Å². The summed E-state index contributed by atoms with van der Waals surface area (Å²) in [5.41, 5.74) is 1.31. The van der Waals surface area contributed by atoms with E-state index in [1.54, 1.807) is 12.4 Å². The van der Waals surface area contributed by atoms with Crippen LogP contribution in [0, 0.1) is 0 Å². The molecule has 3 aromatic rings. The monoisotopic (exact) mass is 341 g/mol. The second kappa shape index (κ2) is 7.04. The van der Waals surface area contributed by atoms with E-state index in [2.05, 4.69) is 14.9 Å². The normalized spacial score (nSPS) is 15.5. The van der Waals surface area contributed by atoms with Crippen molar-refractivity contribution in [3.05, 3.63) is 53.2 Å². The summed E-state index contributed by atoms with van der Waals surface area (Å²) in [5, 5.41) is 0. The highest BCUT2D eigenvalue weighted by Crippen LogP contribution is 2.12. The number of morpholine rings is 1. The van der Waals surface area contributed by atoms with Gasteiger partial charge in [-0.3, -0.25) is 4.90 Å². The Morgan fingerprint density at radius 1 is 1.04 bits per heavy atom. The van der Waals surface area contributed by atoms with Gasteiger partial charge in [-0.1, -0.05) is 18.2 Å². The second-order valence-electron chi connectivity index (χ2n) is 5.74. The summed E-state index contributed by atoms with van der Waals surface area (Å²) in [4.78, 5) is 29.4. The van der Waals surface area contributed by atoms with Gasteiger partial charge in [0.25, 0.3) is 0 Å². The Labute approximate surface area is 144 Å². The molecule has 3 heterocycles. The third-order valence-corrected chi connectivity index (χ3v) is 4.18. The second-order valence-corrected chi connectivity index (χ2v) is 5.74. The highest BCUT2D eigenvalue weighted by Gasteiger charge is 2.18. The number of nitrogens with zero attached hydrogens (tertiary/aromatic N) is 5. The molecule has 1 saturated heterocycles. The van der Waals surface area contributed by atoms with Crippen LogP contribution < -0.4 is 10.5 Å². The molecule has 1 fully saturated rings. The average molecular weight is 341 g/mol. The lowest BCUT2D eigenvalue weighted by molar-refractivity contribution is 0.0175. The molecule has 1 aliphatic heterocycles. The third-order valence-electron chi connectivity index (χ3n) is 4.18. The van der Waals surface area contributed by atoms with Crippen LogP contribution in [0.1, 0.15) is 0 Å². The number of fused-ring (bicyclic) bond motifs is 1. The highest BCUT2D eigenvalue weighted by molar-refractivity contribution is 5.68. The fraction of sp³-hybridized carbons (Fsp3) is 0.353. The standard InChI is InChI=1S/C17H19N5O3/c23-17-21(14-4-2-1-3-5-14)15-16(19-7-6-18-15)22(17)25-13-10-20-8-11-24-12-9-20/h1-7H,8-13H2. The summed E-state index contributed by atoms with van der Waals surface area (Å²) >= 11 is 0. The first kappa shape index (κ1) is 15.8. The zero-order valence-electron chi connectivity index (χ0n) is 13.7. The predicted octanol–water partition coefficient (Wildman–Crippen LogP) is 0.343. The van der Waals surface area contributed by atoms with Crippen LogP contribution >= 0.6 is 0 Å². The quantitative estimate of drug-likeness (QED) is 0.666. The van der Waals surface area contributed by atoms with Crippen LogP contribution in [-0.4, -0.2) is 63.6 Å². The van der Waals surface area contributed by atoms with E-state index >= 15 is 0 Å². The van der Waals surface area contributed by atoms with Crippen LogP contribution in [0.25, 0.3) is 17.0 Å². The summed E-state index contributed by atoms with van der Waals surface area (Å²) < 4.78 is 8.08. The van der Waals surface area contributed by atoms with E-state index in [9.17, 15) is 4.79 Å². The Hall–Kier alpha value is -2.71. The first-order chi connectivity index (χ1) is 12.3. The molecule has 0 atom stereocenters. The molecular weight excluding hydrogens is 322 g/mol. The molecular formula is C17H19N5O3. The van der Waals surface area contributed by atoms with Gasteiger partial charge in [0, 0.05) is 32.0 Å². The predicted molar refractivity (Wildman–Crippen MR) is 91.8 cm³/mol. The van der Waals surface area contributed by atoms with Crippen molar-refractivity contribution < 1.29 is 9.57 Å². The Morgan fingerprint density at radius 2 is 1.76 bits per heavy atom. The summed E-state index contributed by atoms with van der Waals surface area (Å²) in [6.07, 6.45) is 3.12. The lowest BCUT2D eigenvalue weighted by Gasteiger charge is -2.26. The Kier molecular flexibility index (Phi) is 4.45.